The number of unbranched alkanes of at least 4 members (excludes halogenated alkanes) is 7. The van der Waals surface area contributed by atoms with Crippen LogP contribution in [0, 0.1) is 11.8 Å². The Morgan fingerprint density at radius 3 is 1.90 bits per heavy atom. The van der Waals surface area contributed by atoms with Gasteiger partial charge in [-0.15, -0.1) is 0 Å². The van der Waals surface area contributed by atoms with Gasteiger partial charge in [-0.05, 0) is 24.7 Å². The summed E-state index contributed by atoms with van der Waals surface area (Å²) < 4.78 is 0. The summed E-state index contributed by atoms with van der Waals surface area (Å²) in [4.78, 5) is 10.0. The van der Waals surface area contributed by atoms with Crippen molar-refractivity contribution in [3.05, 3.63) is 0 Å². The predicted octanol–water partition coefficient (Wildman–Crippen LogP) is 6.04. The predicted molar refractivity (Wildman–Crippen MR) is 87.0 cm³/mol. The van der Waals surface area contributed by atoms with Gasteiger partial charge in [-0.1, -0.05) is 78.6 Å². The largest absolute Gasteiger partial charge is 0.481 e. The van der Waals surface area contributed by atoms with E-state index in [4.69, 9.17) is 5.11 Å². The number of carboxylic acids is 1. The van der Waals surface area contributed by atoms with Crippen LogP contribution in [0.1, 0.15) is 97.8 Å². The van der Waals surface area contributed by atoms with Crippen molar-refractivity contribution in [3.8, 4) is 0 Å². The lowest BCUT2D eigenvalue weighted by molar-refractivity contribution is -0.137. The van der Waals surface area contributed by atoms with E-state index in [9.17, 15) is 4.79 Å². The lowest BCUT2D eigenvalue weighted by atomic mass is 10.1. The van der Waals surface area contributed by atoms with E-state index in [1.54, 1.807) is 0 Å². The zero-order chi connectivity index (χ0) is 15.2. The molecule has 0 amide bonds. The molecule has 0 aromatic heterocycles. The summed E-state index contributed by atoms with van der Waals surface area (Å²) in [5.41, 5.74) is 0. The molecule has 2 unspecified atom stereocenters. The molecule has 0 bridgehead atoms. The van der Waals surface area contributed by atoms with E-state index in [2.05, 4.69) is 20.8 Å². The van der Waals surface area contributed by atoms with Crippen LogP contribution in [-0.4, -0.2) is 11.1 Å². The van der Waals surface area contributed by atoms with E-state index in [0.29, 0.717) is 6.42 Å². The van der Waals surface area contributed by atoms with Crippen LogP contribution in [0.3, 0.4) is 0 Å². The highest BCUT2D eigenvalue weighted by molar-refractivity contribution is 5.66. The molecule has 0 radical (unpaired) electrons. The molecule has 2 nitrogen and oxygen atoms in total. The van der Waals surface area contributed by atoms with Crippen molar-refractivity contribution in [3.63, 3.8) is 0 Å². The molecule has 20 heavy (non-hydrogen) atoms. The van der Waals surface area contributed by atoms with Crippen LogP contribution in [0.15, 0.2) is 0 Å². The topological polar surface area (TPSA) is 37.3 Å². The standard InChI is InChI=1S/C10H20.C8H16O2/c1-3-4-5-6-7-10-8-9(10)2;1-2-3-4-5-6-7-8(9)10/h9-10H,3-8H2,1-2H3;2-7H2,1H3,(H,9,10). The van der Waals surface area contributed by atoms with Crippen molar-refractivity contribution in [2.75, 3.05) is 0 Å². The summed E-state index contributed by atoms with van der Waals surface area (Å²) >= 11 is 0. The van der Waals surface area contributed by atoms with E-state index in [1.807, 2.05) is 0 Å². The quantitative estimate of drug-likeness (QED) is 0.469. The molecule has 1 rings (SSSR count). The van der Waals surface area contributed by atoms with Crippen LogP contribution < -0.4 is 0 Å². The molecular weight excluding hydrogens is 248 g/mol. The molecule has 1 fully saturated rings. The highest BCUT2D eigenvalue weighted by Gasteiger charge is 2.31. The number of carboxylic acid groups (broad SMARTS) is 1. The molecule has 0 spiro atoms. The Bertz CT molecular complexity index is 225. The summed E-state index contributed by atoms with van der Waals surface area (Å²) in [6.45, 7) is 6.81. The van der Waals surface area contributed by atoms with Gasteiger partial charge in [0.1, 0.15) is 0 Å². The van der Waals surface area contributed by atoms with Crippen LogP contribution in [0.2, 0.25) is 0 Å². The molecule has 1 aliphatic carbocycles. The van der Waals surface area contributed by atoms with Crippen LogP contribution >= 0.6 is 0 Å². The van der Waals surface area contributed by atoms with E-state index in [0.717, 1.165) is 24.7 Å². The SMILES string of the molecule is CCCCCCC1CC1C.CCCCCCCC(=O)O. The summed E-state index contributed by atoms with van der Waals surface area (Å²) in [6, 6.07) is 0. The maximum Gasteiger partial charge on any atom is 0.303 e. The van der Waals surface area contributed by atoms with Crippen molar-refractivity contribution in [1.82, 2.24) is 0 Å². The molecule has 0 aromatic carbocycles. The monoisotopic (exact) mass is 284 g/mol. The number of carbonyl (C=O) groups is 1. The molecule has 1 saturated carbocycles. The normalized spacial score (nSPS) is 20.1. The Morgan fingerprint density at radius 1 is 0.950 bits per heavy atom. The van der Waals surface area contributed by atoms with Gasteiger partial charge in [0.2, 0.25) is 0 Å². The number of rotatable bonds is 11. The highest BCUT2D eigenvalue weighted by Crippen LogP contribution is 2.41. The van der Waals surface area contributed by atoms with Crippen molar-refractivity contribution in [1.29, 1.82) is 0 Å². The summed E-state index contributed by atoms with van der Waals surface area (Å²) in [7, 11) is 0. The third-order valence-electron chi connectivity index (χ3n) is 4.20. The van der Waals surface area contributed by atoms with Crippen LogP contribution in [0.5, 0.6) is 0 Å². The van der Waals surface area contributed by atoms with E-state index in [-0.39, 0.29) is 0 Å². The van der Waals surface area contributed by atoms with Crippen LogP contribution in [-0.2, 0) is 4.79 Å². The third-order valence-corrected chi connectivity index (χ3v) is 4.20. The van der Waals surface area contributed by atoms with Gasteiger partial charge in [0.15, 0.2) is 0 Å². The Morgan fingerprint density at radius 2 is 1.45 bits per heavy atom. The third kappa shape index (κ3) is 13.9. The average molecular weight is 284 g/mol. The first-order chi connectivity index (χ1) is 9.61. The molecule has 1 N–H and O–H groups in total. The maximum absolute atomic E-state index is 10.0. The lowest BCUT2D eigenvalue weighted by Gasteiger charge is -1.96. The number of hydrogen-bond acceptors (Lipinski definition) is 1. The average Bonchev–Trinajstić information content (AvgIpc) is 3.11. The molecule has 0 heterocycles. The number of hydrogen-bond donors (Lipinski definition) is 1. The van der Waals surface area contributed by atoms with Crippen molar-refractivity contribution < 1.29 is 9.90 Å². The van der Waals surface area contributed by atoms with E-state index < -0.39 is 5.97 Å². The van der Waals surface area contributed by atoms with Gasteiger partial charge in [-0.3, -0.25) is 4.79 Å². The fraction of sp³-hybridized carbons (Fsp3) is 0.944. The van der Waals surface area contributed by atoms with Crippen molar-refractivity contribution >= 4 is 5.97 Å². The van der Waals surface area contributed by atoms with Gasteiger partial charge in [0, 0.05) is 6.42 Å². The molecule has 2 heteroatoms. The second-order valence-corrected chi connectivity index (χ2v) is 6.38. The Labute approximate surface area is 126 Å². The molecule has 1 aliphatic rings. The Balaban J connectivity index is 0.000000361. The minimum Gasteiger partial charge on any atom is -0.481 e. The van der Waals surface area contributed by atoms with E-state index in [1.165, 1.54) is 57.8 Å². The van der Waals surface area contributed by atoms with Crippen molar-refractivity contribution in [2.24, 2.45) is 11.8 Å². The smallest absolute Gasteiger partial charge is 0.303 e. The Hall–Kier alpha value is -0.530. The zero-order valence-corrected chi connectivity index (χ0v) is 14.0. The molecule has 120 valence electrons. The fourth-order valence-corrected chi connectivity index (χ4v) is 2.51. The Kier molecular flexibility index (Phi) is 13.1. The van der Waals surface area contributed by atoms with E-state index >= 15 is 0 Å². The summed E-state index contributed by atoms with van der Waals surface area (Å²) in [5, 5.41) is 8.27. The molecule has 0 aliphatic heterocycles. The second kappa shape index (κ2) is 13.5. The zero-order valence-electron chi connectivity index (χ0n) is 14.0. The van der Waals surface area contributed by atoms with Crippen molar-refractivity contribution in [2.45, 2.75) is 97.8 Å². The van der Waals surface area contributed by atoms with Gasteiger partial charge in [0.25, 0.3) is 0 Å². The first kappa shape index (κ1) is 19.5. The fourth-order valence-electron chi connectivity index (χ4n) is 2.51. The number of aliphatic carboxylic acids is 1. The first-order valence-corrected chi connectivity index (χ1v) is 8.83. The maximum atomic E-state index is 10.0. The van der Waals surface area contributed by atoms with Gasteiger partial charge in [0.05, 0.1) is 0 Å². The molecule has 0 saturated heterocycles. The van der Waals surface area contributed by atoms with Gasteiger partial charge in [-0.2, -0.15) is 0 Å². The summed E-state index contributed by atoms with van der Waals surface area (Å²) in [5.74, 6) is 1.52. The van der Waals surface area contributed by atoms with Gasteiger partial charge >= 0.3 is 5.97 Å². The molecular formula is C18H36O2. The van der Waals surface area contributed by atoms with Crippen LogP contribution in [0.4, 0.5) is 0 Å². The van der Waals surface area contributed by atoms with Gasteiger partial charge in [-0.25, -0.2) is 0 Å². The minimum absolute atomic E-state index is 0.337. The summed E-state index contributed by atoms with van der Waals surface area (Å²) in [6.07, 6.45) is 14.7. The first-order valence-electron chi connectivity index (χ1n) is 8.83. The van der Waals surface area contributed by atoms with Gasteiger partial charge < -0.3 is 5.11 Å². The molecule has 0 aromatic rings. The minimum atomic E-state index is -0.670. The van der Waals surface area contributed by atoms with Crippen LogP contribution in [0.25, 0.3) is 0 Å². The molecule has 2 atom stereocenters. The highest BCUT2D eigenvalue weighted by atomic mass is 16.4. The second-order valence-electron chi connectivity index (χ2n) is 6.38. The lowest BCUT2D eigenvalue weighted by Crippen LogP contribution is -1.93.